The highest BCUT2D eigenvalue weighted by atomic mass is 16.5. The number of aliphatic imine (C=N–C) groups is 1. The summed E-state index contributed by atoms with van der Waals surface area (Å²) in [4.78, 5) is 8.80. The van der Waals surface area contributed by atoms with E-state index in [9.17, 15) is 0 Å². The van der Waals surface area contributed by atoms with Crippen molar-refractivity contribution in [1.82, 2.24) is 25.8 Å². The van der Waals surface area contributed by atoms with Gasteiger partial charge in [0, 0.05) is 12.6 Å². The first-order chi connectivity index (χ1) is 13.2. The molecule has 1 heterocycles. The molecule has 3 N–H and O–H groups in total. The number of hydrogen-bond donors (Lipinski definition) is 3. The van der Waals surface area contributed by atoms with Crippen LogP contribution in [0.4, 0.5) is 0 Å². The number of hydrogen-bond acceptors (Lipinski definition) is 4. The zero-order valence-electron chi connectivity index (χ0n) is 15.7. The van der Waals surface area contributed by atoms with Crippen molar-refractivity contribution in [2.75, 3.05) is 14.2 Å². The van der Waals surface area contributed by atoms with Gasteiger partial charge in [0.1, 0.15) is 11.6 Å². The maximum atomic E-state index is 5.17. The van der Waals surface area contributed by atoms with Crippen LogP contribution < -0.4 is 15.4 Å². The number of ether oxygens (including phenoxy) is 1. The van der Waals surface area contributed by atoms with Crippen LogP contribution in [0.2, 0.25) is 0 Å². The molecule has 0 aliphatic carbocycles. The van der Waals surface area contributed by atoms with E-state index in [2.05, 4.69) is 49.9 Å². The van der Waals surface area contributed by atoms with Crippen LogP contribution in [0.5, 0.6) is 5.75 Å². The molecule has 1 atom stereocenters. The summed E-state index contributed by atoms with van der Waals surface area (Å²) >= 11 is 0. The smallest absolute Gasteiger partial charge is 0.191 e. The van der Waals surface area contributed by atoms with Crippen LogP contribution in [0.3, 0.4) is 0 Å². The van der Waals surface area contributed by atoms with Crippen molar-refractivity contribution >= 4 is 5.96 Å². The maximum Gasteiger partial charge on any atom is 0.191 e. The molecule has 2 aromatic carbocycles. The minimum absolute atomic E-state index is 0.141. The highest BCUT2D eigenvalue weighted by molar-refractivity contribution is 5.80. The standard InChI is InChI=1S/C20H24N6O/c1-14(15-7-5-4-6-8-15)23-20(21-2)22-13-18-24-19(26-25-18)16-9-11-17(27-3)12-10-16/h4-12,14H,13H2,1-3H3,(H2,21,22,23)(H,24,25,26). The van der Waals surface area contributed by atoms with E-state index >= 15 is 0 Å². The van der Waals surface area contributed by atoms with E-state index in [-0.39, 0.29) is 6.04 Å². The Morgan fingerprint density at radius 3 is 2.56 bits per heavy atom. The lowest BCUT2D eigenvalue weighted by atomic mass is 10.1. The molecular weight excluding hydrogens is 340 g/mol. The summed E-state index contributed by atoms with van der Waals surface area (Å²) < 4.78 is 5.17. The first-order valence-electron chi connectivity index (χ1n) is 8.77. The van der Waals surface area contributed by atoms with Crippen molar-refractivity contribution in [3.63, 3.8) is 0 Å². The van der Waals surface area contributed by atoms with Crippen LogP contribution in [-0.4, -0.2) is 35.3 Å². The predicted molar refractivity (Wildman–Crippen MR) is 107 cm³/mol. The van der Waals surface area contributed by atoms with Gasteiger partial charge in [0.25, 0.3) is 0 Å². The number of methoxy groups -OCH3 is 1. The zero-order chi connectivity index (χ0) is 19.1. The summed E-state index contributed by atoms with van der Waals surface area (Å²) in [6.45, 7) is 2.59. The molecule has 7 heteroatoms. The lowest BCUT2D eigenvalue weighted by Gasteiger charge is -2.17. The highest BCUT2D eigenvalue weighted by Crippen LogP contribution is 2.18. The molecule has 0 fully saturated rings. The van der Waals surface area contributed by atoms with E-state index < -0.39 is 0 Å². The Morgan fingerprint density at radius 1 is 1.15 bits per heavy atom. The molecule has 0 aliphatic heterocycles. The predicted octanol–water partition coefficient (Wildman–Crippen LogP) is 2.91. The van der Waals surface area contributed by atoms with Gasteiger partial charge in [-0.1, -0.05) is 30.3 Å². The number of guanidine groups is 1. The van der Waals surface area contributed by atoms with Crippen LogP contribution in [0, 0.1) is 0 Å². The van der Waals surface area contributed by atoms with Crippen molar-refractivity contribution in [1.29, 1.82) is 0 Å². The molecule has 27 heavy (non-hydrogen) atoms. The fraction of sp³-hybridized carbons (Fsp3) is 0.250. The van der Waals surface area contributed by atoms with E-state index in [1.807, 2.05) is 42.5 Å². The number of H-pyrrole nitrogens is 1. The molecule has 0 spiro atoms. The summed E-state index contributed by atoms with van der Waals surface area (Å²) in [5.41, 5.74) is 2.13. The van der Waals surface area contributed by atoms with Gasteiger partial charge in [-0.05, 0) is 36.8 Å². The van der Waals surface area contributed by atoms with Crippen LogP contribution in [0.25, 0.3) is 11.4 Å². The Balaban J connectivity index is 1.58. The third-order valence-corrected chi connectivity index (χ3v) is 4.18. The molecule has 140 valence electrons. The van der Waals surface area contributed by atoms with Crippen molar-refractivity contribution in [3.8, 4) is 17.1 Å². The Labute approximate surface area is 158 Å². The Bertz CT molecular complexity index is 873. The summed E-state index contributed by atoms with van der Waals surface area (Å²) in [6, 6.07) is 18.0. The first-order valence-corrected chi connectivity index (χ1v) is 8.77. The number of aromatic nitrogens is 3. The second-order valence-corrected chi connectivity index (χ2v) is 6.04. The van der Waals surface area contributed by atoms with Gasteiger partial charge in [0.05, 0.1) is 19.7 Å². The Morgan fingerprint density at radius 2 is 1.89 bits per heavy atom. The fourth-order valence-corrected chi connectivity index (χ4v) is 2.64. The molecular formula is C20H24N6O. The van der Waals surface area contributed by atoms with Gasteiger partial charge in [-0.25, -0.2) is 4.98 Å². The first kappa shape index (κ1) is 18.4. The SMILES string of the molecule is CN=C(NCc1nc(-c2ccc(OC)cc2)n[nH]1)NC(C)c1ccccc1. The quantitative estimate of drug-likeness (QED) is 0.462. The largest absolute Gasteiger partial charge is 0.497 e. The average Bonchev–Trinajstić information content (AvgIpc) is 3.20. The normalized spacial score (nSPS) is 12.5. The van der Waals surface area contributed by atoms with Gasteiger partial charge in [-0.3, -0.25) is 10.1 Å². The molecule has 3 rings (SSSR count). The van der Waals surface area contributed by atoms with Crippen LogP contribution in [-0.2, 0) is 6.54 Å². The number of rotatable bonds is 6. The monoisotopic (exact) mass is 364 g/mol. The molecule has 7 nitrogen and oxygen atoms in total. The molecule has 0 amide bonds. The molecule has 3 aromatic rings. The number of nitrogens with zero attached hydrogens (tertiary/aromatic N) is 3. The minimum atomic E-state index is 0.141. The lowest BCUT2D eigenvalue weighted by molar-refractivity contribution is 0.415. The second kappa shape index (κ2) is 8.84. The zero-order valence-corrected chi connectivity index (χ0v) is 15.7. The Hall–Kier alpha value is -3.35. The third kappa shape index (κ3) is 4.84. The molecule has 1 unspecified atom stereocenters. The topological polar surface area (TPSA) is 87.2 Å². The van der Waals surface area contributed by atoms with Crippen molar-refractivity contribution < 1.29 is 4.74 Å². The number of nitrogens with one attached hydrogen (secondary N) is 3. The van der Waals surface area contributed by atoms with E-state index in [4.69, 9.17) is 4.74 Å². The maximum absolute atomic E-state index is 5.17. The van der Waals surface area contributed by atoms with Gasteiger partial charge in [-0.2, -0.15) is 5.10 Å². The molecule has 0 saturated carbocycles. The fourth-order valence-electron chi connectivity index (χ4n) is 2.64. The van der Waals surface area contributed by atoms with Crippen LogP contribution >= 0.6 is 0 Å². The van der Waals surface area contributed by atoms with Gasteiger partial charge in [-0.15, -0.1) is 0 Å². The summed E-state index contributed by atoms with van der Waals surface area (Å²) in [5, 5.41) is 13.9. The molecule has 0 bridgehead atoms. The Kier molecular flexibility index (Phi) is 6.04. The van der Waals surface area contributed by atoms with Gasteiger partial charge < -0.3 is 15.4 Å². The van der Waals surface area contributed by atoms with E-state index in [1.54, 1.807) is 14.2 Å². The minimum Gasteiger partial charge on any atom is -0.497 e. The van der Waals surface area contributed by atoms with Crippen molar-refractivity contribution in [2.24, 2.45) is 4.99 Å². The summed E-state index contributed by atoms with van der Waals surface area (Å²) in [6.07, 6.45) is 0. The van der Waals surface area contributed by atoms with E-state index in [0.29, 0.717) is 18.3 Å². The lowest BCUT2D eigenvalue weighted by Crippen LogP contribution is -2.38. The highest BCUT2D eigenvalue weighted by Gasteiger charge is 2.09. The number of aromatic amines is 1. The molecule has 0 saturated heterocycles. The summed E-state index contributed by atoms with van der Waals surface area (Å²) in [7, 11) is 3.39. The van der Waals surface area contributed by atoms with Gasteiger partial charge >= 0.3 is 0 Å². The van der Waals surface area contributed by atoms with Crippen LogP contribution in [0.1, 0.15) is 24.4 Å². The second-order valence-electron chi connectivity index (χ2n) is 6.04. The van der Waals surface area contributed by atoms with E-state index in [1.165, 1.54) is 5.56 Å². The molecule has 0 aliphatic rings. The summed E-state index contributed by atoms with van der Waals surface area (Å²) in [5.74, 6) is 2.89. The van der Waals surface area contributed by atoms with Crippen LogP contribution in [0.15, 0.2) is 59.6 Å². The van der Waals surface area contributed by atoms with Gasteiger partial charge in [0.2, 0.25) is 0 Å². The average molecular weight is 364 g/mol. The molecule has 0 radical (unpaired) electrons. The van der Waals surface area contributed by atoms with Crippen molar-refractivity contribution in [2.45, 2.75) is 19.5 Å². The third-order valence-electron chi connectivity index (χ3n) is 4.18. The van der Waals surface area contributed by atoms with E-state index in [0.717, 1.165) is 17.1 Å². The molecule has 1 aromatic heterocycles. The number of benzene rings is 2. The van der Waals surface area contributed by atoms with Gasteiger partial charge in [0.15, 0.2) is 11.8 Å². The van der Waals surface area contributed by atoms with Crippen molar-refractivity contribution in [3.05, 3.63) is 66.0 Å².